The van der Waals surface area contributed by atoms with E-state index in [1.54, 1.807) is 54.0 Å². The Labute approximate surface area is 199 Å². The second kappa shape index (κ2) is 10.0. The molecule has 2 heterocycles. The molecular formula is C22H18Cl2F2N4O3. The van der Waals surface area contributed by atoms with Gasteiger partial charge in [0, 0.05) is 22.5 Å². The largest absolute Gasteiger partial charge is 0.455 e. The summed E-state index contributed by atoms with van der Waals surface area (Å²) in [4.78, 5) is 30.0. The molecule has 1 aliphatic rings. The summed E-state index contributed by atoms with van der Waals surface area (Å²) in [6.07, 6.45) is 0.450. The second-order valence-corrected chi connectivity index (χ2v) is 7.43. The average molecular weight is 495 g/mol. The third-order valence-electron chi connectivity index (χ3n) is 4.72. The number of hydrogen-bond acceptors (Lipinski definition) is 4. The molecule has 0 spiro atoms. The van der Waals surface area contributed by atoms with Gasteiger partial charge in [-0.15, -0.1) is 12.4 Å². The molecule has 3 amide bonds. The van der Waals surface area contributed by atoms with E-state index in [0.29, 0.717) is 27.8 Å². The Kier molecular flexibility index (Phi) is 7.35. The van der Waals surface area contributed by atoms with Gasteiger partial charge in [0.2, 0.25) is 0 Å². The summed E-state index contributed by atoms with van der Waals surface area (Å²) in [7, 11) is 0. The van der Waals surface area contributed by atoms with Crippen LogP contribution < -0.4 is 20.5 Å². The number of rotatable bonds is 3. The molecule has 3 aromatic rings. The van der Waals surface area contributed by atoms with Crippen LogP contribution in [0.25, 0.3) is 0 Å². The normalized spacial score (nSPS) is 12.3. The first kappa shape index (κ1) is 24.2. The Morgan fingerprint density at radius 2 is 1.82 bits per heavy atom. The highest BCUT2D eigenvalue weighted by Gasteiger charge is 2.40. The number of fused-ring (bicyclic) bond motifs is 2. The molecule has 0 radical (unpaired) electrons. The molecule has 0 aliphatic carbocycles. The predicted molar refractivity (Wildman–Crippen MR) is 121 cm³/mol. The number of amides is 3. The summed E-state index contributed by atoms with van der Waals surface area (Å²) in [6.45, 7) is 0.0650. The van der Waals surface area contributed by atoms with Crippen molar-refractivity contribution in [2.24, 2.45) is 0 Å². The second-order valence-electron chi connectivity index (χ2n) is 6.99. The number of hydrazine groups is 1. The van der Waals surface area contributed by atoms with Crippen molar-refractivity contribution < 1.29 is 23.1 Å². The van der Waals surface area contributed by atoms with Gasteiger partial charge < -0.3 is 4.74 Å². The van der Waals surface area contributed by atoms with Gasteiger partial charge in [-0.2, -0.15) is 8.78 Å². The van der Waals surface area contributed by atoms with Crippen molar-refractivity contribution in [3.05, 3.63) is 83.1 Å². The summed E-state index contributed by atoms with van der Waals surface area (Å²) < 4.78 is 34.5. The zero-order chi connectivity index (χ0) is 22.7. The molecule has 7 nitrogen and oxygen atoms in total. The van der Waals surface area contributed by atoms with Crippen LogP contribution in [0.1, 0.15) is 11.3 Å². The van der Waals surface area contributed by atoms with Crippen LogP contribution in [-0.4, -0.2) is 22.8 Å². The number of nitrogens with one attached hydrogen (secondary N) is 2. The predicted octanol–water partition coefficient (Wildman–Crippen LogP) is 4.89. The van der Waals surface area contributed by atoms with Gasteiger partial charge in [0.25, 0.3) is 0 Å². The summed E-state index contributed by atoms with van der Waals surface area (Å²) in [5.41, 5.74) is 4.90. The van der Waals surface area contributed by atoms with Crippen LogP contribution in [0, 0.1) is 0 Å². The lowest BCUT2D eigenvalue weighted by Crippen LogP contribution is -2.53. The third kappa shape index (κ3) is 5.50. The fourth-order valence-corrected chi connectivity index (χ4v) is 3.32. The minimum absolute atomic E-state index is 0. The lowest BCUT2D eigenvalue weighted by Gasteiger charge is -2.23. The Bertz CT molecular complexity index is 1170. The van der Waals surface area contributed by atoms with Crippen molar-refractivity contribution >= 4 is 41.6 Å². The minimum Gasteiger partial charge on any atom is -0.455 e. The van der Waals surface area contributed by atoms with Crippen LogP contribution in [0.15, 0.2) is 66.9 Å². The van der Waals surface area contributed by atoms with E-state index in [2.05, 4.69) is 10.4 Å². The smallest absolute Gasteiger partial charge is 0.341 e. The maximum atomic E-state index is 14.3. The van der Waals surface area contributed by atoms with Crippen molar-refractivity contribution in [2.45, 2.75) is 18.9 Å². The standard InChI is InChI=1S/C22H17ClF2N4O3.ClH/c23-15-8-9-19-17(11-15)29(13-14-5-1-2-7-18(14)32-19)21(31)28-27-20(30)22(24,25)12-16-6-3-4-10-26-16;/h1-11H,12-13H2,(H,27,30)(H,28,31);1H. The number of pyridine rings is 1. The van der Waals surface area contributed by atoms with E-state index in [1.807, 2.05) is 0 Å². The maximum Gasteiger partial charge on any atom is 0.341 e. The molecule has 172 valence electrons. The van der Waals surface area contributed by atoms with E-state index >= 15 is 0 Å². The quantitative estimate of drug-likeness (QED) is 0.507. The lowest BCUT2D eigenvalue weighted by molar-refractivity contribution is -0.146. The Morgan fingerprint density at radius 1 is 1.06 bits per heavy atom. The van der Waals surface area contributed by atoms with Gasteiger partial charge in [0.05, 0.1) is 18.7 Å². The van der Waals surface area contributed by atoms with Crippen molar-refractivity contribution in [3.8, 4) is 11.5 Å². The number of nitrogens with zero attached hydrogens (tertiary/aromatic N) is 2. The number of aromatic nitrogens is 1. The molecule has 0 unspecified atom stereocenters. The zero-order valence-corrected chi connectivity index (χ0v) is 18.5. The van der Waals surface area contributed by atoms with E-state index in [-0.39, 0.29) is 24.6 Å². The number of hydrogen-bond donors (Lipinski definition) is 2. The van der Waals surface area contributed by atoms with E-state index in [9.17, 15) is 18.4 Å². The maximum absolute atomic E-state index is 14.3. The number of anilines is 1. The Hall–Kier alpha value is -3.43. The van der Waals surface area contributed by atoms with Crippen LogP contribution in [-0.2, 0) is 17.8 Å². The molecule has 1 aliphatic heterocycles. The Balaban J connectivity index is 0.00000306. The molecule has 33 heavy (non-hydrogen) atoms. The highest BCUT2D eigenvalue weighted by Crippen LogP contribution is 2.40. The third-order valence-corrected chi connectivity index (χ3v) is 4.96. The highest BCUT2D eigenvalue weighted by molar-refractivity contribution is 6.31. The van der Waals surface area contributed by atoms with Crippen LogP contribution in [0.3, 0.4) is 0 Å². The summed E-state index contributed by atoms with van der Waals surface area (Å²) in [5.74, 6) is -4.55. The molecule has 0 fully saturated rings. The number of benzene rings is 2. The van der Waals surface area contributed by atoms with Gasteiger partial charge in [-0.25, -0.2) is 10.2 Å². The Morgan fingerprint density at radius 3 is 2.58 bits per heavy atom. The average Bonchev–Trinajstić information content (AvgIpc) is 2.94. The van der Waals surface area contributed by atoms with Crippen LogP contribution in [0.2, 0.25) is 5.02 Å². The topological polar surface area (TPSA) is 83.6 Å². The van der Waals surface area contributed by atoms with Crippen LogP contribution in [0.5, 0.6) is 11.5 Å². The summed E-state index contributed by atoms with van der Waals surface area (Å²) in [5, 5.41) is 0.349. The first-order valence-electron chi connectivity index (χ1n) is 9.54. The molecule has 0 atom stereocenters. The van der Waals surface area contributed by atoms with E-state index in [4.69, 9.17) is 16.3 Å². The monoisotopic (exact) mass is 494 g/mol. The number of para-hydroxylation sites is 1. The molecule has 11 heteroatoms. The number of urea groups is 1. The number of alkyl halides is 2. The van der Waals surface area contributed by atoms with Crippen LogP contribution >= 0.6 is 24.0 Å². The SMILES string of the molecule is Cl.O=C(NNC(=O)C(F)(F)Cc1ccccn1)N1Cc2ccccc2Oc2ccc(Cl)cc21. The fourth-order valence-electron chi connectivity index (χ4n) is 3.16. The van der Waals surface area contributed by atoms with E-state index < -0.39 is 24.3 Å². The molecule has 0 saturated heterocycles. The molecule has 0 bridgehead atoms. The molecule has 2 aromatic carbocycles. The summed E-state index contributed by atoms with van der Waals surface area (Å²) >= 11 is 6.09. The van der Waals surface area contributed by atoms with Crippen molar-refractivity contribution in [3.63, 3.8) is 0 Å². The van der Waals surface area contributed by atoms with Gasteiger partial charge in [0.15, 0.2) is 5.75 Å². The number of halogens is 4. The van der Waals surface area contributed by atoms with Crippen molar-refractivity contribution in [1.29, 1.82) is 0 Å². The van der Waals surface area contributed by atoms with Crippen molar-refractivity contribution in [1.82, 2.24) is 15.8 Å². The number of ether oxygens (including phenoxy) is 1. The first-order chi connectivity index (χ1) is 15.3. The van der Waals surface area contributed by atoms with E-state index in [1.165, 1.54) is 23.2 Å². The van der Waals surface area contributed by atoms with Gasteiger partial charge in [-0.1, -0.05) is 35.9 Å². The summed E-state index contributed by atoms with van der Waals surface area (Å²) in [6, 6.07) is 15.5. The number of carbonyl (C=O) groups is 2. The molecule has 2 N–H and O–H groups in total. The minimum atomic E-state index is -3.78. The van der Waals surface area contributed by atoms with Crippen LogP contribution in [0.4, 0.5) is 19.3 Å². The highest BCUT2D eigenvalue weighted by atomic mass is 35.5. The molecule has 4 rings (SSSR count). The lowest BCUT2D eigenvalue weighted by atomic mass is 10.1. The molecule has 1 aromatic heterocycles. The van der Waals surface area contributed by atoms with Gasteiger partial charge in [-0.3, -0.25) is 20.1 Å². The molecule has 0 saturated carbocycles. The zero-order valence-electron chi connectivity index (χ0n) is 16.9. The van der Waals surface area contributed by atoms with Crippen molar-refractivity contribution in [2.75, 3.05) is 4.90 Å². The molecular weight excluding hydrogens is 477 g/mol. The van der Waals surface area contributed by atoms with Gasteiger partial charge >= 0.3 is 17.9 Å². The van der Waals surface area contributed by atoms with E-state index in [0.717, 1.165) is 0 Å². The number of carbonyl (C=O) groups excluding carboxylic acids is 2. The van der Waals surface area contributed by atoms with Gasteiger partial charge in [0.1, 0.15) is 5.75 Å². The van der Waals surface area contributed by atoms with Gasteiger partial charge in [-0.05, 0) is 36.4 Å². The first-order valence-corrected chi connectivity index (χ1v) is 9.92. The fraction of sp³-hybridized carbons (Fsp3) is 0.136.